The first-order chi connectivity index (χ1) is 9.15. The molecular weight excluding hydrogens is 300 g/mol. The molecule has 0 aliphatic heterocycles. The summed E-state index contributed by atoms with van der Waals surface area (Å²) in [5.74, 6) is 0.892. The largest absolute Gasteiger partial charge is 0.329 e. The summed E-state index contributed by atoms with van der Waals surface area (Å²) in [6.45, 7) is 7.33. The molecule has 1 unspecified atom stereocenters. The van der Waals surface area contributed by atoms with Gasteiger partial charge in [-0.25, -0.2) is 0 Å². The highest BCUT2D eigenvalue weighted by Crippen LogP contribution is 2.31. The average molecular weight is 325 g/mol. The van der Waals surface area contributed by atoms with Crippen LogP contribution < -0.4 is 5.73 Å². The minimum Gasteiger partial charge on any atom is -0.329 e. The lowest BCUT2D eigenvalue weighted by atomic mass is 9.84. The zero-order valence-corrected chi connectivity index (χ0v) is 13.6. The van der Waals surface area contributed by atoms with Crippen LogP contribution in [0.25, 0.3) is 0 Å². The Morgan fingerprint density at radius 1 is 1.42 bits per heavy atom. The molecule has 0 bridgehead atoms. The smallest absolute Gasteiger partial charge is 0.0470 e. The van der Waals surface area contributed by atoms with Crippen molar-refractivity contribution in [2.75, 3.05) is 19.6 Å². The molecule has 106 valence electrons. The monoisotopic (exact) mass is 324 g/mol. The van der Waals surface area contributed by atoms with Crippen LogP contribution >= 0.6 is 15.9 Å². The Balaban J connectivity index is 2.13. The molecule has 1 saturated carbocycles. The van der Waals surface area contributed by atoms with Gasteiger partial charge in [0, 0.05) is 23.6 Å². The summed E-state index contributed by atoms with van der Waals surface area (Å²) < 4.78 is 1.18. The van der Waals surface area contributed by atoms with Gasteiger partial charge in [-0.2, -0.15) is 0 Å². The number of rotatable bonds is 6. The fourth-order valence-corrected chi connectivity index (χ4v) is 3.19. The second-order valence-electron chi connectivity index (χ2n) is 5.64. The Bertz CT molecular complexity index is 415. The third kappa shape index (κ3) is 3.59. The number of hydrogen-bond donors (Lipinski definition) is 1. The minimum absolute atomic E-state index is 0.350. The highest BCUT2D eigenvalue weighted by atomic mass is 79.9. The number of aryl methyl sites for hydroxylation is 1. The molecule has 1 aliphatic rings. The molecule has 0 amide bonds. The fraction of sp³-hybridized carbons (Fsp3) is 0.625. The van der Waals surface area contributed by atoms with E-state index in [1.54, 1.807) is 0 Å². The quantitative estimate of drug-likeness (QED) is 0.860. The lowest BCUT2D eigenvalue weighted by molar-refractivity contribution is 0.141. The van der Waals surface area contributed by atoms with Gasteiger partial charge in [0.15, 0.2) is 0 Å². The molecule has 2 rings (SSSR count). The molecule has 0 aromatic heterocycles. The van der Waals surface area contributed by atoms with Gasteiger partial charge >= 0.3 is 0 Å². The number of nitrogens with zero attached hydrogens (tertiary/aromatic N) is 1. The Kier molecular flexibility index (Phi) is 5.43. The molecule has 1 aliphatic carbocycles. The molecule has 3 heteroatoms. The minimum atomic E-state index is 0.350. The van der Waals surface area contributed by atoms with E-state index in [0.29, 0.717) is 12.6 Å². The van der Waals surface area contributed by atoms with E-state index in [-0.39, 0.29) is 0 Å². The predicted molar refractivity (Wildman–Crippen MR) is 85.3 cm³/mol. The van der Waals surface area contributed by atoms with Gasteiger partial charge in [-0.05, 0) is 49.4 Å². The number of halogens is 1. The van der Waals surface area contributed by atoms with Crippen molar-refractivity contribution in [2.45, 2.75) is 39.2 Å². The van der Waals surface area contributed by atoms with Gasteiger partial charge < -0.3 is 5.73 Å². The van der Waals surface area contributed by atoms with Crippen LogP contribution in [-0.2, 0) is 0 Å². The van der Waals surface area contributed by atoms with Crippen molar-refractivity contribution in [1.82, 2.24) is 4.90 Å². The van der Waals surface area contributed by atoms with E-state index >= 15 is 0 Å². The molecule has 0 spiro atoms. The number of benzene rings is 1. The predicted octanol–water partition coefficient (Wildman–Crippen LogP) is 3.88. The van der Waals surface area contributed by atoms with Crippen molar-refractivity contribution in [3.05, 3.63) is 33.8 Å². The first kappa shape index (κ1) is 15.0. The van der Waals surface area contributed by atoms with Crippen LogP contribution in [0.1, 0.15) is 43.4 Å². The number of hydrogen-bond acceptors (Lipinski definition) is 2. The molecule has 19 heavy (non-hydrogen) atoms. The van der Waals surface area contributed by atoms with Gasteiger partial charge in [-0.1, -0.05) is 41.4 Å². The van der Waals surface area contributed by atoms with E-state index in [2.05, 4.69) is 52.9 Å². The maximum absolute atomic E-state index is 6.05. The molecular formula is C16H25BrN2. The number of nitrogens with two attached hydrogens (primary N) is 1. The van der Waals surface area contributed by atoms with Crippen LogP contribution in [0.5, 0.6) is 0 Å². The van der Waals surface area contributed by atoms with Gasteiger partial charge in [-0.15, -0.1) is 0 Å². The Morgan fingerprint density at radius 2 is 2.16 bits per heavy atom. The number of likely N-dealkylation sites (N-methyl/N-ethyl adjacent to an activating group) is 1. The fourth-order valence-electron chi connectivity index (χ4n) is 2.80. The van der Waals surface area contributed by atoms with E-state index in [0.717, 1.165) is 12.5 Å². The normalized spacial score (nSPS) is 17.5. The Labute approximate surface area is 125 Å². The third-order valence-electron chi connectivity index (χ3n) is 4.37. The summed E-state index contributed by atoms with van der Waals surface area (Å²) in [5.41, 5.74) is 8.66. The first-order valence-corrected chi connectivity index (χ1v) is 8.15. The van der Waals surface area contributed by atoms with Gasteiger partial charge in [0.05, 0.1) is 0 Å². The lowest BCUT2D eigenvalue weighted by Gasteiger charge is -2.36. The maximum atomic E-state index is 6.05. The molecule has 1 fully saturated rings. The van der Waals surface area contributed by atoms with Crippen molar-refractivity contribution >= 4 is 15.9 Å². The van der Waals surface area contributed by atoms with E-state index in [9.17, 15) is 0 Å². The lowest BCUT2D eigenvalue weighted by Crippen LogP contribution is -2.38. The van der Waals surface area contributed by atoms with E-state index in [1.165, 1.54) is 41.4 Å². The summed E-state index contributed by atoms with van der Waals surface area (Å²) >= 11 is 3.63. The topological polar surface area (TPSA) is 29.3 Å². The molecule has 2 N–H and O–H groups in total. The van der Waals surface area contributed by atoms with Crippen LogP contribution in [0.15, 0.2) is 22.7 Å². The average Bonchev–Trinajstić information content (AvgIpc) is 2.36. The molecule has 0 radical (unpaired) electrons. The highest BCUT2D eigenvalue weighted by Gasteiger charge is 2.25. The summed E-state index contributed by atoms with van der Waals surface area (Å²) in [6.07, 6.45) is 4.20. The second kappa shape index (κ2) is 6.87. The van der Waals surface area contributed by atoms with E-state index in [4.69, 9.17) is 5.73 Å². The van der Waals surface area contributed by atoms with Gasteiger partial charge in [-0.3, -0.25) is 4.90 Å². The molecule has 0 heterocycles. The van der Waals surface area contributed by atoms with Crippen molar-refractivity contribution in [1.29, 1.82) is 0 Å². The van der Waals surface area contributed by atoms with E-state index < -0.39 is 0 Å². The van der Waals surface area contributed by atoms with Crippen LogP contribution in [0, 0.1) is 12.8 Å². The molecule has 1 aromatic rings. The van der Waals surface area contributed by atoms with Crippen LogP contribution in [0.4, 0.5) is 0 Å². The molecule has 2 nitrogen and oxygen atoms in total. The third-order valence-corrected chi connectivity index (χ3v) is 5.22. The zero-order valence-electron chi connectivity index (χ0n) is 12.0. The molecule has 0 saturated heterocycles. The summed E-state index contributed by atoms with van der Waals surface area (Å²) in [7, 11) is 0. The van der Waals surface area contributed by atoms with Gasteiger partial charge in [0.25, 0.3) is 0 Å². The van der Waals surface area contributed by atoms with Gasteiger partial charge in [0.2, 0.25) is 0 Å². The van der Waals surface area contributed by atoms with Crippen molar-refractivity contribution < 1.29 is 0 Å². The standard InChI is InChI=1S/C16H25BrN2/c1-3-19(11-13-5-4-6-13)16(10-18)14-8-7-12(2)15(17)9-14/h7-9,13,16H,3-6,10-11,18H2,1-2H3. The Hall–Kier alpha value is -0.380. The summed E-state index contributed by atoms with van der Waals surface area (Å²) in [6, 6.07) is 6.99. The van der Waals surface area contributed by atoms with Crippen molar-refractivity contribution in [3.8, 4) is 0 Å². The Morgan fingerprint density at radius 3 is 2.63 bits per heavy atom. The van der Waals surface area contributed by atoms with Crippen LogP contribution in [0.3, 0.4) is 0 Å². The summed E-state index contributed by atoms with van der Waals surface area (Å²) in [5, 5.41) is 0. The van der Waals surface area contributed by atoms with Crippen molar-refractivity contribution in [3.63, 3.8) is 0 Å². The zero-order chi connectivity index (χ0) is 13.8. The maximum Gasteiger partial charge on any atom is 0.0470 e. The van der Waals surface area contributed by atoms with Crippen LogP contribution in [0.2, 0.25) is 0 Å². The van der Waals surface area contributed by atoms with E-state index in [1.807, 2.05) is 0 Å². The molecule has 1 aromatic carbocycles. The summed E-state index contributed by atoms with van der Waals surface area (Å²) in [4.78, 5) is 2.54. The highest BCUT2D eigenvalue weighted by molar-refractivity contribution is 9.10. The van der Waals surface area contributed by atoms with Crippen LogP contribution in [-0.4, -0.2) is 24.5 Å². The van der Waals surface area contributed by atoms with Crippen molar-refractivity contribution in [2.24, 2.45) is 11.7 Å². The second-order valence-corrected chi connectivity index (χ2v) is 6.50. The van der Waals surface area contributed by atoms with Gasteiger partial charge in [0.1, 0.15) is 0 Å². The molecule has 1 atom stereocenters. The first-order valence-electron chi connectivity index (χ1n) is 7.35. The SMILES string of the molecule is CCN(CC1CCC1)C(CN)c1ccc(C)c(Br)c1.